The van der Waals surface area contributed by atoms with Crippen LogP contribution >= 0.6 is 0 Å². The zero-order valence-electron chi connectivity index (χ0n) is 11.1. The van der Waals surface area contributed by atoms with Gasteiger partial charge in [0.2, 0.25) is 0 Å². The summed E-state index contributed by atoms with van der Waals surface area (Å²) in [6.07, 6.45) is 0.00169. The molecule has 1 saturated heterocycles. The second-order valence-corrected chi connectivity index (χ2v) is 6.60. The van der Waals surface area contributed by atoms with Gasteiger partial charge in [-0.05, 0) is 5.56 Å². The lowest BCUT2D eigenvalue weighted by Crippen LogP contribution is -2.27. The van der Waals surface area contributed by atoms with Crippen LogP contribution in [0.5, 0.6) is 0 Å². The van der Waals surface area contributed by atoms with Crippen LogP contribution in [0.3, 0.4) is 0 Å². The van der Waals surface area contributed by atoms with Crippen LogP contribution in [-0.4, -0.2) is 50.5 Å². The third-order valence-electron chi connectivity index (χ3n) is 3.44. The Morgan fingerprint density at radius 2 is 2.00 bits per heavy atom. The molecule has 1 aliphatic heterocycles. The molecular formula is C13H17NO5S. The van der Waals surface area contributed by atoms with Crippen molar-refractivity contribution >= 4 is 16.2 Å². The Morgan fingerprint density at radius 3 is 2.55 bits per heavy atom. The van der Waals surface area contributed by atoms with Gasteiger partial charge in [0.1, 0.15) is 0 Å². The lowest BCUT2D eigenvalue weighted by atomic mass is 9.90. The van der Waals surface area contributed by atoms with E-state index in [9.17, 15) is 13.2 Å². The van der Waals surface area contributed by atoms with Crippen molar-refractivity contribution in [1.29, 1.82) is 0 Å². The fraction of sp³-hybridized carbons (Fsp3) is 0.462. The molecule has 0 radical (unpaired) electrons. The molecule has 0 bridgehead atoms. The van der Waals surface area contributed by atoms with Gasteiger partial charge in [-0.15, -0.1) is 0 Å². The van der Waals surface area contributed by atoms with E-state index >= 15 is 0 Å². The maximum Gasteiger partial charge on any atom is 0.407 e. The van der Waals surface area contributed by atoms with E-state index in [1.165, 1.54) is 4.90 Å². The summed E-state index contributed by atoms with van der Waals surface area (Å²) in [6.45, 7) is 0.643. The molecule has 0 spiro atoms. The van der Waals surface area contributed by atoms with E-state index in [2.05, 4.69) is 0 Å². The van der Waals surface area contributed by atoms with E-state index in [0.29, 0.717) is 6.54 Å². The fourth-order valence-electron chi connectivity index (χ4n) is 2.49. The molecule has 1 heterocycles. The van der Waals surface area contributed by atoms with Crippen molar-refractivity contribution in [2.75, 3.05) is 26.0 Å². The van der Waals surface area contributed by atoms with E-state index in [4.69, 9.17) is 9.29 Å². The van der Waals surface area contributed by atoms with Gasteiger partial charge in [-0.1, -0.05) is 30.3 Å². The summed E-state index contributed by atoms with van der Waals surface area (Å²) in [4.78, 5) is 12.4. The van der Waals surface area contributed by atoms with Gasteiger partial charge in [-0.25, -0.2) is 4.79 Å². The molecule has 2 rings (SSSR count). The molecular weight excluding hydrogens is 282 g/mol. The fourth-order valence-corrected chi connectivity index (χ4v) is 2.91. The first-order valence-corrected chi connectivity index (χ1v) is 8.05. The summed E-state index contributed by atoms with van der Waals surface area (Å²) >= 11 is 0. The minimum atomic E-state index is -3.52. The van der Waals surface area contributed by atoms with Crippen molar-refractivity contribution in [2.24, 2.45) is 5.92 Å². The maximum absolute atomic E-state index is 11.1. The summed E-state index contributed by atoms with van der Waals surface area (Å²) in [6, 6.07) is 9.49. The Bertz CT molecular complexity index is 572. The molecule has 1 N–H and O–H groups in total. The number of rotatable bonds is 4. The van der Waals surface area contributed by atoms with Gasteiger partial charge in [0.15, 0.2) is 0 Å². The zero-order chi connectivity index (χ0) is 14.8. The molecule has 0 aliphatic carbocycles. The van der Waals surface area contributed by atoms with Crippen molar-refractivity contribution in [3.05, 3.63) is 35.9 Å². The third-order valence-corrected chi connectivity index (χ3v) is 4.00. The van der Waals surface area contributed by atoms with Crippen LogP contribution in [0.1, 0.15) is 11.5 Å². The standard InChI is InChI=1S/C13H17NO5S/c1-20(17,18)19-9-11-7-14(13(15)16)8-12(11)10-5-3-2-4-6-10/h2-6,11-12H,7-9H2,1H3,(H,15,16)/t11-,12+/m1/s1. The lowest BCUT2D eigenvalue weighted by molar-refractivity contribution is 0.152. The van der Waals surface area contributed by atoms with E-state index in [1.54, 1.807) is 0 Å². The lowest BCUT2D eigenvalue weighted by Gasteiger charge is -2.17. The number of amides is 1. The van der Waals surface area contributed by atoms with Gasteiger partial charge in [0.05, 0.1) is 12.9 Å². The van der Waals surface area contributed by atoms with Crippen LogP contribution in [0.15, 0.2) is 30.3 Å². The number of hydrogen-bond donors (Lipinski definition) is 1. The Labute approximate surface area is 118 Å². The smallest absolute Gasteiger partial charge is 0.407 e. The summed E-state index contributed by atoms with van der Waals surface area (Å²) in [5.41, 5.74) is 0.998. The van der Waals surface area contributed by atoms with Crippen LogP contribution in [0.25, 0.3) is 0 Å². The minimum Gasteiger partial charge on any atom is -0.465 e. The van der Waals surface area contributed by atoms with Crippen molar-refractivity contribution < 1.29 is 22.5 Å². The Kier molecular flexibility index (Phi) is 4.29. The van der Waals surface area contributed by atoms with Gasteiger partial charge in [0.25, 0.3) is 10.1 Å². The highest BCUT2D eigenvalue weighted by atomic mass is 32.2. The molecule has 1 fully saturated rings. The summed E-state index contributed by atoms with van der Waals surface area (Å²) in [5.74, 6) is -0.211. The molecule has 1 aliphatic rings. The molecule has 6 nitrogen and oxygen atoms in total. The van der Waals surface area contributed by atoms with Crippen molar-refractivity contribution in [3.63, 3.8) is 0 Å². The van der Waals surface area contributed by atoms with Crippen LogP contribution in [-0.2, 0) is 14.3 Å². The van der Waals surface area contributed by atoms with Crippen LogP contribution in [0.4, 0.5) is 4.79 Å². The monoisotopic (exact) mass is 299 g/mol. The SMILES string of the molecule is CS(=O)(=O)OC[C@H]1CN(C(=O)O)C[C@H]1c1ccccc1. The number of carbonyl (C=O) groups is 1. The van der Waals surface area contributed by atoms with Gasteiger partial charge in [0, 0.05) is 24.9 Å². The third kappa shape index (κ3) is 3.71. The first-order valence-electron chi connectivity index (χ1n) is 6.24. The molecule has 1 amide bonds. The normalized spacial score (nSPS) is 22.9. The minimum absolute atomic E-state index is 0.00216. The van der Waals surface area contributed by atoms with Crippen LogP contribution in [0.2, 0.25) is 0 Å². The van der Waals surface area contributed by atoms with Crippen molar-refractivity contribution in [1.82, 2.24) is 4.90 Å². The highest BCUT2D eigenvalue weighted by Crippen LogP contribution is 2.33. The number of carboxylic acid groups (broad SMARTS) is 1. The summed E-state index contributed by atoms with van der Waals surface area (Å²) in [5, 5.41) is 9.09. The first kappa shape index (κ1) is 14.8. The predicted molar refractivity (Wildman–Crippen MR) is 73.1 cm³/mol. The second kappa shape index (κ2) is 5.80. The molecule has 0 saturated carbocycles. The van der Waals surface area contributed by atoms with Crippen molar-refractivity contribution in [3.8, 4) is 0 Å². The van der Waals surface area contributed by atoms with E-state index in [0.717, 1.165) is 11.8 Å². The highest BCUT2D eigenvalue weighted by molar-refractivity contribution is 7.85. The van der Waals surface area contributed by atoms with Crippen LogP contribution in [0, 0.1) is 5.92 Å². The molecule has 0 unspecified atom stereocenters. The van der Waals surface area contributed by atoms with E-state index in [-0.39, 0.29) is 25.0 Å². The highest BCUT2D eigenvalue weighted by Gasteiger charge is 2.36. The van der Waals surface area contributed by atoms with Gasteiger partial charge in [-0.2, -0.15) is 8.42 Å². The molecule has 20 heavy (non-hydrogen) atoms. The van der Waals surface area contributed by atoms with Gasteiger partial charge in [-0.3, -0.25) is 4.18 Å². The number of hydrogen-bond acceptors (Lipinski definition) is 4. The molecule has 1 aromatic carbocycles. The Hall–Kier alpha value is -1.60. The first-order chi connectivity index (χ1) is 9.37. The largest absolute Gasteiger partial charge is 0.465 e. The Morgan fingerprint density at radius 1 is 1.35 bits per heavy atom. The quantitative estimate of drug-likeness (QED) is 0.849. The molecule has 110 valence electrons. The summed E-state index contributed by atoms with van der Waals surface area (Å²) in [7, 11) is -3.52. The topological polar surface area (TPSA) is 83.9 Å². The van der Waals surface area contributed by atoms with Gasteiger partial charge < -0.3 is 10.0 Å². The Balaban J connectivity index is 2.15. The number of nitrogens with zero attached hydrogens (tertiary/aromatic N) is 1. The van der Waals surface area contributed by atoms with E-state index < -0.39 is 16.2 Å². The predicted octanol–water partition coefficient (Wildman–Crippen LogP) is 1.36. The second-order valence-electron chi connectivity index (χ2n) is 4.95. The van der Waals surface area contributed by atoms with Crippen LogP contribution < -0.4 is 0 Å². The summed E-state index contributed by atoms with van der Waals surface area (Å²) < 4.78 is 27.0. The number of benzene rings is 1. The van der Waals surface area contributed by atoms with Crippen molar-refractivity contribution in [2.45, 2.75) is 5.92 Å². The van der Waals surface area contributed by atoms with Gasteiger partial charge >= 0.3 is 6.09 Å². The molecule has 7 heteroatoms. The average molecular weight is 299 g/mol. The maximum atomic E-state index is 11.1. The number of likely N-dealkylation sites (tertiary alicyclic amines) is 1. The molecule has 0 aromatic heterocycles. The molecule has 1 aromatic rings. The average Bonchev–Trinajstić information content (AvgIpc) is 2.81. The van der Waals surface area contributed by atoms with E-state index in [1.807, 2.05) is 30.3 Å². The zero-order valence-corrected chi connectivity index (χ0v) is 11.9. The molecule has 2 atom stereocenters.